The lowest BCUT2D eigenvalue weighted by atomic mass is 10.3. The van der Waals surface area contributed by atoms with E-state index < -0.39 is 8.80 Å². The van der Waals surface area contributed by atoms with Crippen molar-refractivity contribution in [3.8, 4) is 0 Å². The molecule has 0 aliphatic carbocycles. The van der Waals surface area contributed by atoms with Crippen LogP contribution in [0.4, 0.5) is 0 Å². The summed E-state index contributed by atoms with van der Waals surface area (Å²) >= 11 is 0. The van der Waals surface area contributed by atoms with E-state index in [2.05, 4.69) is 5.32 Å². The molecular formula is C15H33NO5Si. The largest absolute Gasteiger partial charge is 0.500 e. The summed E-state index contributed by atoms with van der Waals surface area (Å²) in [7, 11) is -2.51. The van der Waals surface area contributed by atoms with E-state index in [1.165, 1.54) is 0 Å². The summed E-state index contributed by atoms with van der Waals surface area (Å²) in [5.74, 6) is -0.125. The fourth-order valence-corrected chi connectivity index (χ4v) is 4.76. The van der Waals surface area contributed by atoms with Gasteiger partial charge in [0.25, 0.3) is 0 Å². The van der Waals surface area contributed by atoms with Crippen molar-refractivity contribution in [3.05, 3.63) is 0 Å². The molecule has 0 aromatic rings. The highest BCUT2D eigenvalue weighted by atomic mass is 28.4. The van der Waals surface area contributed by atoms with Gasteiger partial charge in [-0.3, -0.25) is 4.79 Å². The highest BCUT2D eigenvalue weighted by molar-refractivity contribution is 6.60. The Morgan fingerprint density at radius 2 is 1.41 bits per heavy atom. The minimum absolute atomic E-state index is 0.125. The molecule has 0 spiro atoms. The standard InChI is InChI=1S/C15H33NO5Si/c1-5-18-15(17)11-9-12-16-13-10-14-22(19-6-2,20-7-3)21-8-4/h16H,5-14H2,1-4H3. The summed E-state index contributed by atoms with van der Waals surface area (Å²) in [6.45, 7) is 11.7. The van der Waals surface area contributed by atoms with Gasteiger partial charge in [-0.2, -0.15) is 0 Å². The first-order chi connectivity index (χ1) is 10.6. The molecule has 0 saturated heterocycles. The van der Waals surface area contributed by atoms with Gasteiger partial charge in [-0.05, 0) is 53.6 Å². The molecule has 1 N–H and O–H groups in total. The van der Waals surface area contributed by atoms with Gasteiger partial charge < -0.3 is 23.3 Å². The zero-order valence-corrected chi connectivity index (χ0v) is 15.6. The van der Waals surface area contributed by atoms with Gasteiger partial charge in [0.2, 0.25) is 0 Å². The predicted octanol–water partition coefficient (Wildman–Crippen LogP) is 2.36. The molecule has 22 heavy (non-hydrogen) atoms. The molecule has 0 radical (unpaired) electrons. The average molecular weight is 336 g/mol. The molecule has 0 saturated carbocycles. The van der Waals surface area contributed by atoms with Crippen LogP contribution in [0.15, 0.2) is 0 Å². The summed E-state index contributed by atoms with van der Waals surface area (Å²) < 4.78 is 22.3. The quantitative estimate of drug-likeness (QED) is 0.281. The lowest BCUT2D eigenvalue weighted by Crippen LogP contribution is -2.46. The van der Waals surface area contributed by atoms with Gasteiger partial charge >= 0.3 is 14.8 Å². The Bertz CT molecular complexity index is 262. The van der Waals surface area contributed by atoms with Gasteiger partial charge in [-0.15, -0.1) is 0 Å². The molecule has 0 aliphatic heterocycles. The van der Waals surface area contributed by atoms with Crippen molar-refractivity contribution in [2.45, 2.75) is 53.0 Å². The third kappa shape index (κ3) is 10.3. The van der Waals surface area contributed by atoms with Crippen molar-refractivity contribution in [2.24, 2.45) is 0 Å². The molecule has 0 aromatic heterocycles. The van der Waals surface area contributed by atoms with E-state index in [1.807, 2.05) is 27.7 Å². The number of hydrogen-bond donors (Lipinski definition) is 1. The highest BCUT2D eigenvalue weighted by Crippen LogP contribution is 2.17. The number of carbonyl (C=O) groups excluding carboxylic acids is 1. The molecular weight excluding hydrogens is 302 g/mol. The first-order valence-electron chi connectivity index (χ1n) is 8.42. The third-order valence-electron chi connectivity index (χ3n) is 2.97. The molecule has 0 bridgehead atoms. The van der Waals surface area contributed by atoms with Crippen LogP contribution in [-0.2, 0) is 22.8 Å². The summed E-state index contributed by atoms with van der Waals surface area (Å²) in [5, 5.41) is 3.33. The van der Waals surface area contributed by atoms with Crippen LogP contribution in [0.1, 0.15) is 47.0 Å². The number of hydrogen-bond acceptors (Lipinski definition) is 6. The van der Waals surface area contributed by atoms with E-state index in [9.17, 15) is 4.79 Å². The van der Waals surface area contributed by atoms with Crippen LogP contribution in [-0.4, -0.2) is 54.3 Å². The number of carbonyl (C=O) groups is 1. The smallest absolute Gasteiger partial charge is 0.466 e. The molecule has 7 heteroatoms. The first-order valence-corrected chi connectivity index (χ1v) is 10.3. The van der Waals surface area contributed by atoms with Crippen molar-refractivity contribution in [1.82, 2.24) is 5.32 Å². The van der Waals surface area contributed by atoms with Crippen LogP contribution in [0.25, 0.3) is 0 Å². The van der Waals surface area contributed by atoms with Crippen LogP contribution in [0.5, 0.6) is 0 Å². The Balaban J connectivity index is 3.85. The highest BCUT2D eigenvalue weighted by Gasteiger charge is 2.39. The SMILES string of the molecule is CCOC(=O)CCCNCCC[Si](OCC)(OCC)OCC. The molecule has 0 rings (SSSR count). The van der Waals surface area contributed by atoms with Crippen LogP contribution >= 0.6 is 0 Å². The maximum atomic E-state index is 11.2. The predicted molar refractivity (Wildman–Crippen MR) is 88.8 cm³/mol. The van der Waals surface area contributed by atoms with Crippen molar-refractivity contribution in [2.75, 3.05) is 39.5 Å². The van der Waals surface area contributed by atoms with Crippen LogP contribution < -0.4 is 5.32 Å². The fraction of sp³-hybridized carbons (Fsp3) is 0.933. The van der Waals surface area contributed by atoms with Crippen LogP contribution in [0.2, 0.25) is 6.04 Å². The fourth-order valence-electron chi connectivity index (χ4n) is 2.15. The molecule has 0 unspecified atom stereocenters. The van der Waals surface area contributed by atoms with Crippen molar-refractivity contribution in [3.63, 3.8) is 0 Å². The second kappa shape index (κ2) is 14.1. The van der Waals surface area contributed by atoms with E-state index in [1.54, 1.807) is 0 Å². The minimum atomic E-state index is -2.51. The normalized spacial score (nSPS) is 11.6. The average Bonchev–Trinajstić information content (AvgIpc) is 2.47. The van der Waals surface area contributed by atoms with E-state index in [-0.39, 0.29) is 5.97 Å². The summed E-state index contributed by atoms with van der Waals surface area (Å²) in [4.78, 5) is 11.2. The second-order valence-corrected chi connectivity index (χ2v) is 7.48. The molecule has 6 nitrogen and oxygen atoms in total. The molecule has 0 heterocycles. The molecule has 0 aliphatic rings. The van der Waals surface area contributed by atoms with Crippen LogP contribution in [0.3, 0.4) is 0 Å². The van der Waals surface area contributed by atoms with E-state index >= 15 is 0 Å². The van der Waals surface area contributed by atoms with Gasteiger partial charge in [-0.1, -0.05) is 0 Å². The Hall–Kier alpha value is -0.473. The lowest BCUT2D eigenvalue weighted by molar-refractivity contribution is -0.143. The Labute approximate surface area is 136 Å². The maximum absolute atomic E-state index is 11.2. The van der Waals surface area contributed by atoms with Crippen LogP contribution in [0, 0.1) is 0 Å². The Morgan fingerprint density at radius 1 is 0.864 bits per heavy atom. The van der Waals surface area contributed by atoms with E-state index in [0.717, 1.165) is 32.0 Å². The monoisotopic (exact) mass is 335 g/mol. The molecule has 0 atom stereocenters. The van der Waals surface area contributed by atoms with Gasteiger partial charge in [0, 0.05) is 32.3 Å². The number of esters is 1. The van der Waals surface area contributed by atoms with Gasteiger partial charge in [0.05, 0.1) is 6.61 Å². The lowest BCUT2D eigenvalue weighted by Gasteiger charge is -2.28. The number of ether oxygens (including phenoxy) is 1. The van der Waals surface area contributed by atoms with Gasteiger partial charge in [0.1, 0.15) is 0 Å². The number of rotatable bonds is 15. The first kappa shape index (κ1) is 21.5. The second-order valence-electron chi connectivity index (χ2n) is 4.74. The summed E-state index contributed by atoms with van der Waals surface area (Å²) in [6.07, 6.45) is 2.20. The zero-order valence-electron chi connectivity index (χ0n) is 14.6. The van der Waals surface area contributed by atoms with E-state index in [0.29, 0.717) is 32.8 Å². The number of nitrogens with one attached hydrogen (secondary N) is 1. The molecule has 0 fully saturated rings. The topological polar surface area (TPSA) is 66.0 Å². The summed E-state index contributed by atoms with van der Waals surface area (Å²) in [6, 6.07) is 0.813. The third-order valence-corrected chi connectivity index (χ3v) is 6.12. The molecule has 0 aromatic carbocycles. The zero-order chi connectivity index (χ0) is 16.7. The molecule has 0 amide bonds. The maximum Gasteiger partial charge on any atom is 0.500 e. The summed E-state index contributed by atoms with van der Waals surface area (Å²) in [5.41, 5.74) is 0. The van der Waals surface area contributed by atoms with E-state index in [4.69, 9.17) is 18.0 Å². The Kier molecular flexibility index (Phi) is 13.8. The van der Waals surface area contributed by atoms with Gasteiger partial charge in [-0.25, -0.2) is 0 Å². The Morgan fingerprint density at radius 3 is 1.91 bits per heavy atom. The molecule has 132 valence electrons. The van der Waals surface area contributed by atoms with Gasteiger partial charge in [0.15, 0.2) is 0 Å². The minimum Gasteiger partial charge on any atom is -0.466 e. The van der Waals surface area contributed by atoms with Crippen molar-refractivity contribution < 1.29 is 22.8 Å². The van der Waals surface area contributed by atoms with Crippen molar-refractivity contribution >= 4 is 14.8 Å². The van der Waals surface area contributed by atoms with Crippen molar-refractivity contribution in [1.29, 1.82) is 0 Å².